The Hall–Kier alpha value is -0.590. The summed E-state index contributed by atoms with van der Waals surface area (Å²) >= 11 is 0. The summed E-state index contributed by atoms with van der Waals surface area (Å²) < 4.78 is 0. The molecule has 0 aromatic carbocycles. The second-order valence-electron chi connectivity index (χ2n) is 4.71. The van der Waals surface area contributed by atoms with Crippen molar-refractivity contribution in [2.45, 2.75) is 39.2 Å². The molecule has 0 saturated carbocycles. The Balaban J connectivity index is 2.32. The Labute approximate surface area is 93.5 Å². The van der Waals surface area contributed by atoms with Gasteiger partial charge in [0.2, 0.25) is 0 Å². The number of rotatable bonds is 5. The molecule has 0 aromatic rings. The second-order valence-corrected chi connectivity index (χ2v) is 4.71. The molecule has 1 aliphatic rings. The summed E-state index contributed by atoms with van der Waals surface area (Å²) in [6, 6.07) is 2.79. The van der Waals surface area contributed by atoms with Crippen molar-refractivity contribution >= 4 is 0 Å². The van der Waals surface area contributed by atoms with Gasteiger partial charge < -0.3 is 5.32 Å². The van der Waals surface area contributed by atoms with E-state index in [1.807, 2.05) is 0 Å². The number of piperidine rings is 1. The van der Waals surface area contributed by atoms with Crippen molar-refractivity contribution in [1.82, 2.24) is 10.2 Å². The normalized spacial score (nSPS) is 21.9. The van der Waals surface area contributed by atoms with Crippen LogP contribution in [0.3, 0.4) is 0 Å². The molecule has 0 bridgehead atoms. The first kappa shape index (κ1) is 12.5. The van der Waals surface area contributed by atoms with E-state index in [-0.39, 0.29) is 0 Å². The lowest BCUT2D eigenvalue weighted by molar-refractivity contribution is 0.175. The fourth-order valence-electron chi connectivity index (χ4n) is 2.17. The molecular weight excluding hydrogens is 186 g/mol. The van der Waals surface area contributed by atoms with Crippen LogP contribution >= 0.6 is 0 Å². The Morgan fingerprint density at radius 1 is 1.53 bits per heavy atom. The van der Waals surface area contributed by atoms with Crippen molar-refractivity contribution in [3.63, 3.8) is 0 Å². The number of nitrogens with zero attached hydrogens (tertiary/aromatic N) is 2. The molecule has 1 saturated heterocycles. The van der Waals surface area contributed by atoms with E-state index < -0.39 is 0 Å². The van der Waals surface area contributed by atoms with Crippen LogP contribution in [0, 0.1) is 17.2 Å². The number of hydrogen-bond donors (Lipinski definition) is 1. The highest BCUT2D eigenvalue weighted by molar-refractivity contribution is 4.78. The standard InChI is InChI=1S/C12H23N3/c1-11(2)15(8-4-6-13)10-12-5-3-7-14-9-12/h11-12,14H,3-5,7-10H2,1-2H3. The van der Waals surface area contributed by atoms with Crippen LogP contribution in [-0.4, -0.2) is 37.1 Å². The molecule has 1 heterocycles. The first-order valence-corrected chi connectivity index (χ1v) is 6.05. The molecule has 3 nitrogen and oxygen atoms in total. The van der Waals surface area contributed by atoms with Crippen LogP contribution in [0.5, 0.6) is 0 Å². The molecule has 1 aliphatic heterocycles. The summed E-state index contributed by atoms with van der Waals surface area (Å²) in [5.41, 5.74) is 0. The summed E-state index contributed by atoms with van der Waals surface area (Å²) in [5, 5.41) is 12.1. The molecule has 3 heteroatoms. The molecule has 0 amide bonds. The molecule has 1 atom stereocenters. The minimum atomic E-state index is 0.556. The van der Waals surface area contributed by atoms with Crippen molar-refractivity contribution in [3.8, 4) is 6.07 Å². The first-order chi connectivity index (χ1) is 7.24. The predicted octanol–water partition coefficient (Wildman–Crippen LogP) is 1.61. The van der Waals surface area contributed by atoms with Crippen molar-refractivity contribution in [2.75, 3.05) is 26.2 Å². The third kappa shape index (κ3) is 4.63. The molecule has 0 aliphatic carbocycles. The molecule has 1 N–H and O–H groups in total. The monoisotopic (exact) mass is 209 g/mol. The lowest BCUT2D eigenvalue weighted by Crippen LogP contribution is -2.41. The smallest absolute Gasteiger partial charge is 0.0635 e. The van der Waals surface area contributed by atoms with Gasteiger partial charge in [0.25, 0.3) is 0 Å². The fraction of sp³-hybridized carbons (Fsp3) is 0.917. The first-order valence-electron chi connectivity index (χ1n) is 6.05. The van der Waals surface area contributed by atoms with E-state index in [4.69, 9.17) is 5.26 Å². The fourth-order valence-corrected chi connectivity index (χ4v) is 2.17. The molecule has 86 valence electrons. The van der Waals surface area contributed by atoms with E-state index in [2.05, 4.69) is 30.1 Å². The van der Waals surface area contributed by atoms with Crippen LogP contribution in [0.1, 0.15) is 33.1 Å². The van der Waals surface area contributed by atoms with E-state index in [0.29, 0.717) is 12.5 Å². The van der Waals surface area contributed by atoms with Crippen LogP contribution in [0.4, 0.5) is 0 Å². The molecule has 0 spiro atoms. The molecule has 1 unspecified atom stereocenters. The average molecular weight is 209 g/mol. The van der Waals surface area contributed by atoms with E-state index in [1.54, 1.807) is 0 Å². The van der Waals surface area contributed by atoms with Crippen LogP contribution in [0.25, 0.3) is 0 Å². The largest absolute Gasteiger partial charge is 0.316 e. The van der Waals surface area contributed by atoms with E-state index in [0.717, 1.165) is 25.6 Å². The molecule has 1 rings (SSSR count). The molecule has 15 heavy (non-hydrogen) atoms. The highest BCUT2D eigenvalue weighted by Gasteiger charge is 2.18. The van der Waals surface area contributed by atoms with Crippen molar-refractivity contribution < 1.29 is 0 Å². The Kier molecular flexibility index (Phi) is 5.67. The van der Waals surface area contributed by atoms with Crippen LogP contribution in [0.2, 0.25) is 0 Å². The third-order valence-corrected chi connectivity index (χ3v) is 3.13. The topological polar surface area (TPSA) is 39.1 Å². The number of nitrogens with one attached hydrogen (secondary N) is 1. The van der Waals surface area contributed by atoms with Gasteiger partial charge >= 0.3 is 0 Å². The Bertz CT molecular complexity index is 201. The highest BCUT2D eigenvalue weighted by atomic mass is 15.1. The van der Waals surface area contributed by atoms with Gasteiger partial charge in [-0.25, -0.2) is 0 Å². The maximum Gasteiger partial charge on any atom is 0.0635 e. The second kappa shape index (κ2) is 6.81. The summed E-state index contributed by atoms with van der Waals surface area (Å²) in [6.45, 7) is 8.82. The molecule has 0 radical (unpaired) electrons. The highest BCUT2D eigenvalue weighted by Crippen LogP contribution is 2.13. The minimum Gasteiger partial charge on any atom is -0.316 e. The van der Waals surface area contributed by atoms with E-state index >= 15 is 0 Å². The minimum absolute atomic E-state index is 0.556. The lowest BCUT2D eigenvalue weighted by Gasteiger charge is -2.32. The Morgan fingerprint density at radius 2 is 2.33 bits per heavy atom. The molecule has 0 aromatic heterocycles. The summed E-state index contributed by atoms with van der Waals surface area (Å²) in [4.78, 5) is 2.43. The van der Waals surface area contributed by atoms with Gasteiger partial charge in [-0.3, -0.25) is 4.90 Å². The van der Waals surface area contributed by atoms with Crippen LogP contribution in [-0.2, 0) is 0 Å². The van der Waals surface area contributed by atoms with Gasteiger partial charge in [-0.15, -0.1) is 0 Å². The van der Waals surface area contributed by atoms with Crippen molar-refractivity contribution in [2.24, 2.45) is 5.92 Å². The van der Waals surface area contributed by atoms with Gasteiger partial charge in [0.1, 0.15) is 0 Å². The summed E-state index contributed by atoms with van der Waals surface area (Å²) in [6.07, 6.45) is 3.29. The van der Waals surface area contributed by atoms with Gasteiger partial charge in [0, 0.05) is 25.6 Å². The molecular formula is C12H23N3. The number of nitriles is 1. The average Bonchev–Trinajstić information content (AvgIpc) is 2.25. The van der Waals surface area contributed by atoms with Crippen LogP contribution < -0.4 is 5.32 Å². The summed E-state index contributed by atoms with van der Waals surface area (Å²) in [5.74, 6) is 0.778. The van der Waals surface area contributed by atoms with E-state index in [9.17, 15) is 0 Å². The van der Waals surface area contributed by atoms with Crippen molar-refractivity contribution in [1.29, 1.82) is 5.26 Å². The maximum absolute atomic E-state index is 8.61. The molecule has 1 fully saturated rings. The summed E-state index contributed by atoms with van der Waals surface area (Å²) in [7, 11) is 0. The number of hydrogen-bond acceptors (Lipinski definition) is 3. The zero-order valence-corrected chi connectivity index (χ0v) is 10.00. The van der Waals surface area contributed by atoms with Crippen molar-refractivity contribution in [3.05, 3.63) is 0 Å². The SMILES string of the molecule is CC(C)N(CCC#N)CC1CCCNC1. The van der Waals surface area contributed by atoms with E-state index in [1.165, 1.54) is 19.4 Å². The predicted molar refractivity (Wildman–Crippen MR) is 62.5 cm³/mol. The van der Waals surface area contributed by atoms with Gasteiger partial charge in [0.15, 0.2) is 0 Å². The van der Waals surface area contributed by atoms with Crippen LogP contribution in [0.15, 0.2) is 0 Å². The maximum atomic E-state index is 8.61. The third-order valence-electron chi connectivity index (χ3n) is 3.13. The quantitative estimate of drug-likeness (QED) is 0.747. The van der Waals surface area contributed by atoms with Gasteiger partial charge in [-0.05, 0) is 45.7 Å². The van der Waals surface area contributed by atoms with Gasteiger partial charge in [0.05, 0.1) is 6.07 Å². The van der Waals surface area contributed by atoms with Gasteiger partial charge in [-0.2, -0.15) is 5.26 Å². The van der Waals surface area contributed by atoms with Gasteiger partial charge in [-0.1, -0.05) is 0 Å². The zero-order valence-electron chi connectivity index (χ0n) is 10.00. The lowest BCUT2D eigenvalue weighted by atomic mass is 9.98. The Morgan fingerprint density at radius 3 is 2.87 bits per heavy atom. The zero-order chi connectivity index (χ0) is 11.1.